The van der Waals surface area contributed by atoms with Gasteiger partial charge in [-0.2, -0.15) is 11.8 Å². The topological polar surface area (TPSA) is 23.5 Å². The Morgan fingerprint density at radius 3 is 3.00 bits per heavy atom. The van der Waals surface area contributed by atoms with E-state index in [1.807, 2.05) is 11.8 Å². The molecule has 15 heavy (non-hydrogen) atoms. The van der Waals surface area contributed by atoms with Crippen LogP contribution in [-0.4, -0.2) is 47.3 Å². The van der Waals surface area contributed by atoms with E-state index in [0.29, 0.717) is 12.6 Å². The molecule has 0 saturated carbocycles. The van der Waals surface area contributed by atoms with Crippen LogP contribution in [0.3, 0.4) is 0 Å². The van der Waals surface area contributed by atoms with Crippen LogP contribution in [0.25, 0.3) is 0 Å². The van der Waals surface area contributed by atoms with E-state index in [4.69, 9.17) is 5.11 Å². The van der Waals surface area contributed by atoms with Crippen LogP contribution >= 0.6 is 11.8 Å². The third-order valence-electron chi connectivity index (χ3n) is 3.15. The van der Waals surface area contributed by atoms with Crippen LogP contribution in [0.2, 0.25) is 0 Å². The number of aliphatic hydroxyl groups is 1. The van der Waals surface area contributed by atoms with Crippen molar-refractivity contribution >= 4 is 11.8 Å². The number of thioether (sulfide) groups is 1. The maximum atomic E-state index is 9.02. The van der Waals surface area contributed by atoms with Crippen LogP contribution in [0.1, 0.15) is 39.0 Å². The Morgan fingerprint density at radius 1 is 1.40 bits per heavy atom. The summed E-state index contributed by atoms with van der Waals surface area (Å²) in [5.41, 5.74) is 0. The second-order valence-corrected chi connectivity index (χ2v) is 5.64. The normalized spacial score (nSPS) is 23.2. The standard InChI is InChI=1S/C12H25NOS/c1-2-15-11-5-9-13-8-4-3-6-12(13)7-10-14/h12,14H,2-11H2,1H3. The molecule has 0 aromatic heterocycles. The zero-order chi connectivity index (χ0) is 10.9. The molecule has 1 saturated heterocycles. The van der Waals surface area contributed by atoms with Crippen molar-refractivity contribution in [3.8, 4) is 0 Å². The molecule has 90 valence electrons. The number of hydrogen-bond acceptors (Lipinski definition) is 3. The van der Waals surface area contributed by atoms with E-state index in [-0.39, 0.29) is 0 Å². The molecule has 0 aromatic rings. The number of likely N-dealkylation sites (tertiary alicyclic amines) is 1. The lowest BCUT2D eigenvalue weighted by molar-refractivity contribution is 0.120. The van der Waals surface area contributed by atoms with E-state index < -0.39 is 0 Å². The molecule has 3 heteroatoms. The molecule has 1 fully saturated rings. The van der Waals surface area contributed by atoms with Gasteiger partial charge in [-0.15, -0.1) is 0 Å². The molecule has 0 aromatic carbocycles. The van der Waals surface area contributed by atoms with Gasteiger partial charge in [-0.05, 0) is 50.3 Å². The summed E-state index contributed by atoms with van der Waals surface area (Å²) in [7, 11) is 0. The number of hydrogen-bond donors (Lipinski definition) is 1. The SMILES string of the molecule is CCSCCCN1CCCCC1CCO. The zero-order valence-electron chi connectivity index (χ0n) is 9.95. The molecular weight excluding hydrogens is 206 g/mol. The van der Waals surface area contributed by atoms with Crippen molar-refractivity contribution in [3.05, 3.63) is 0 Å². The van der Waals surface area contributed by atoms with Crippen LogP contribution in [0.4, 0.5) is 0 Å². The lowest BCUT2D eigenvalue weighted by atomic mass is 9.99. The van der Waals surface area contributed by atoms with Gasteiger partial charge in [-0.25, -0.2) is 0 Å². The Bertz CT molecular complexity index is 153. The fourth-order valence-electron chi connectivity index (χ4n) is 2.34. The van der Waals surface area contributed by atoms with Gasteiger partial charge in [0.25, 0.3) is 0 Å². The second kappa shape index (κ2) is 8.43. The fourth-order valence-corrected chi connectivity index (χ4v) is 2.97. The number of piperidine rings is 1. The summed E-state index contributed by atoms with van der Waals surface area (Å²) in [6.07, 6.45) is 6.27. The van der Waals surface area contributed by atoms with Crippen molar-refractivity contribution < 1.29 is 5.11 Å². The molecular formula is C12H25NOS. The molecule has 0 amide bonds. The van der Waals surface area contributed by atoms with Crippen LogP contribution < -0.4 is 0 Å². The number of aliphatic hydroxyl groups excluding tert-OH is 1. The van der Waals surface area contributed by atoms with Crippen LogP contribution in [0, 0.1) is 0 Å². The van der Waals surface area contributed by atoms with Gasteiger partial charge in [0.15, 0.2) is 0 Å². The minimum absolute atomic E-state index is 0.352. The average molecular weight is 231 g/mol. The van der Waals surface area contributed by atoms with Gasteiger partial charge >= 0.3 is 0 Å². The summed E-state index contributed by atoms with van der Waals surface area (Å²) in [6.45, 7) is 5.06. The maximum Gasteiger partial charge on any atom is 0.0445 e. The van der Waals surface area contributed by atoms with E-state index >= 15 is 0 Å². The Balaban J connectivity index is 2.17. The highest BCUT2D eigenvalue weighted by molar-refractivity contribution is 7.99. The molecule has 1 N–H and O–H groups in total. The first-order chi connectivity index (χ1) is 7.38. The van der Waals surface area contributed by atoms with Gasteiger partial charge in [-0.3, -0.25) is 0 Å². The van der Waals surface area contributed by atoms with Crippen LogP contribution in [0.15, 0.2) is 0 Å². The Kier molecular flexibility index (Phi) is 7.49. The molecule has 1 rings (SSSR count). The summed E-state index contributed by atoms with van der Waals surface area (Å²) in [5.74, 6) is 2.53. The molecule has 1 aliphatic heterocycles. The first kappa shape index (κ1) is 13.3. The lowest BCUT2D eigenvalue weighted by Crippen LogP contribution is -2.40. The molecule has 2 nitrogen and oxygen atoms in total. The highest BCUT2D eigenvalue weighted by Crippen LogP contribution is 2.19. The first-order valence-electron chi connectivity index (χ1n) is 6.31. The van der Waals surface area contributed by atoms with Crippen LogP contribution in [-0.2, 0) is 0 Å². The molecule has 0 bridgehead atoms. The predicted molar refractivity (Wildman–Crippen MR) is 68.5 cm³/mol. The smallest absolute Gasteiger partial charge is 0.0445 e. The van der Waals surface area contributed by atoms with E-state index in [1.165, 1.54) is 50.3 Å². The number of rotatable bonds is 7. The zero-order valence-corrected chi connectivity index (χ0v) is 10.8. The highest BCUT2D eigenvalue weighted by Gasteiger charge is 2.20. The van der Waals surface area contributed by atoms with Gasteiger partial charge < -0.3 is 10.0 Å². The van der Waals surface area contributed by atoms with Crippen molar-refractivity contribution in [2.24, 2.45) is 0 Å². The van der Waals surface area contributed by atoms with Gasteiger partial charge in [-0.1, -0.05) is 13.3 Å². The van der Waals surface area contributed by atoms with E-state index in [0.717, 1.165) is 6.42 Å². The highest BCUT2D eigenvalue weighted by atomic mass is 32.2. The van der Waals surface area contributed by atoms with Crippen molar-refractivity contribution in [1.29, 1.82) is 0 Å². The third kappa shape index (κ3) is 5.23. The first-order valence-corrected chi connectivity index (χ1v) is 7.46. The quantitative estimate of drug-likeness (QED) is 0.681. The fraction of sp³-hybridized carbons (Fsp3) is 1.00. The number of nitrogens with zero attached hydrogens (tertiary/aromatic N) is 1. The lowest BCUT2D eigenvalue weighted by Gasteiger charge is -2.35. The average Bonchev–Trinajstić information content (AvgIpc) is 2.27. The molecule has 1 aliphatic rings. The van der Waals surface area contributed by atoms with Crippen molar-refractivity contribution in [1.82, 2.24) is 4.90 Å². The Hall–Kier alpha value is 0.270. The molecule has 1 heterocycles. The summed E-state index contributed by atoms with van der Waals surface area (Å²) in [5, 5.41) is 9.02. The molecule has 0 spiro atoms. The predicted octanol–water partition coefficient (Wildman–Crippen LogP) is 2.37. The van der Waals surface area contributed by atoms with Gasteiger partial charge in [0.2, 0.25) is 0 Å². The van der Waals surface area contributed by atoms with Gasteiger partial charge in [0, 0.05) is 12.6 Å². The van der Waals surface area contributed by atoms with E-state index in [2.05, 4.69) is 11.8 Å². The summed E-state index contributed by atoms with van der Waals surface area (Å²) in [4.78, 5) is 2.59. The van der Waals surface area contributed by atoms with E-state index in [1.54, 1.807) is 0 Å². The minimum atomic E-state index is 0.352. The summed E-state index contributed by atoms with van der Waals surface area (Å²) < 4.78 is 0. The Labute approximate surface area is 98.4 Å². The molecule has 0 radical (unpaired) electrons. The van der Waals surface area contributed by atoms with Gasteiger partial charge in [0.1, 0.15) is 0 Å². The largest absolute Gasteiger partial charge is 0.396 e. The van der Waals surface area contributed by atoms with Gasteiger partial charge in [0.05, 0.1) is 0 Å². The van der Waals surface area contributed by atoms with Crippen LogP contribution in [0.5, 0.6) is 0 Å². The van der Waals surface area contributed by atoms with E-state index in [9.17, 15) is 0 Å². The third-order valence-corrected chi connectivity index (χ3v) is 4.14. The molecule has 1 atom stereocenters. The summed E-state index contributed by atoms with van der Waals surface area (Å²) in [6, 6.07) is 0.662. The molecule has 0 aliphatic carbocycles. The second-order valence-electron chi connectivity index (χ2n) is 4.25. The van der Waals surface area contributed by atoms with Crippen molar-refractivity contribution in [2.45, 2.75) is 45.1 Å². The minimum Gasteiger partial charge on any atom is -0.396 e. The maximum absolute atomic E-state index is 9.02. The monoisotopic (exact) mass is 231 g/mol. The summed E-state index contributed by atoms with van der Waals surface area (Å²) >= 11 is 2.04. The van der Waals surface area contributed by atoms with Crippen molar-refractivity contribution in [2.75, 3.05) is 31.2 Å². The molecule has 1 unspecified atom stereocenters. The Morgan fingerprint density at radius 2 is 2.27 bits per heavy atom. The van der Waals surface area contributed by atoms with Crippen molar-refractivity contribution in [3.63, 3.8) is 0 Å².